The van der Waals surface area contributed by atoms with Crippen LogP contribution in [0.1, 0.15) is 51.1 Å². The third kappa shape index (κ3) is 7.66. The van der Waals surface area contributed by atoms with E-state index < -0.39 is 0 Å². The molecule has 0 atom stereocenters. The molecule has 0 amide bonds. The number of aliphatic hydroxyl groups excluding tert-OH is 1. The third-order valence-electron chi connectivity index (χ3n) is 9.65. The minimum absolute atomic E-state index is 0.181. The van der Waals surface area contributed by atoms with Crippen molar-refractivity contribution in [2.24, 2.45) is 9.98 Å². The van der Waals surface area contributed by atoms with E-state index in [1.165, 1.54) is 0 Å². The summed E-state index contributed by atoms with van der Waals surface area (Å²) in [6.07, 6.45) is 0. The minimum atomic E-state index is -0.181. The molecule has 57 heavy (non-hydrogen) atoms. The van der Waals surface area contributed by atoms with Gasteiger partial charge in [-0.3, -0.25) is 19.1 Å². The van der Waals surface area contributed by atoms with E-state index in [-0.39, 0.29) is 6.61 Å². The van der Waals surface area contributed by atoms with Crippen LogP contribution >= 0.6 is 0 Å². The fraction of sp³-hybridized carbons (Fsp3) is 0.182. The van der Waals surface area contributed by atoms with Crippen molar-refractivity contribution in [3.05, 3.63) is 172 Å². The molecule has 13 nitrogen and oxygen atoms in total. The Bertz CT molecular complexity index is 2550. The van der Waals surface area contributed by atoms with E-state index in [9.17, 15) is 5.11 Å². The molecule has 0 saturated carbocycles. The number of rotatable bonds is 10. The standard InChI is InChI=1S/C26H24N4O3.C18H16N4O2/c1-31-20-10-8-18(9-11-20)16-33-17-25-29-28-24-15-27-26(19-6-4-3-5-7-19)22-14-21(32-2)12-13-23(22)30(24)25;1-24-13-7-8-15-14(9-13)18(12-5-3-2-4-6-12)19-10-16-20-21-17(11-23)22(15)16/h3-14H,15-17H2,1-2H3;2-9,23H,10-11H2,1H3. The molecule has 2 aromatic heterocycles. The van der Waals surface area contributed by atoms with Crippen molar-refractivity contribution in [2.45, 2.75) is 32.9 Å². The van der Waals surface area contributed by atoms with E-state index in [1.807, 2.05) is 118 Å². The third-order valence-corrected chi connectivity index (χ3v) is 9.65. The predicted octanol–water partition coefficient (Wildman–Crippen LogP) is 6.47. The Morgan fingerprint density at radius 1 is 0.526 bits per heavy atom. The zero-order valence-electron chi connectivity index (χ0n) is 31.7. The van der Waals surface area contributed by atoms with E-state index in [0.29, 0.717) is 38.0 Å². The Kier molecular flexibility index (Phi) is 10.9. The summed E-state index contributed by atoms with van der Waals surface area (Å²) in [6.45, 7) is 1.43. The highest BCUT2D eigenvalue weighted by Gasteiger charge is 2.25. The first-order valence-electron chi connectivity index (χ1n) is 18.3. The second-order valence-electron chi connectivity index (χ2n) is 13.1. The normalized spacial score (nSPS) is 12.6. The molecule has 0 fully saturated rings. The fourth-order valence-electron chi connectivity index (χ4n) is 6.86. The Balaban J connectivity index is 0.000000168. The molecule has 9 rings (SSSR count). The number of fused-ring (bicyclic) bond motifs is 6. The SMILES string of the molecule is COc1ccc(COCc2nnc3n2-c2ccc(OC)cc2C(c2ccccc2)=NC3)cc1.COc1ccc2c(c1)C(c1ccccc1)=NCc1nnc(CO)n1-2. The van der Waals surface area contributed by atoms with Crippen molar-refractivity contribution >= 4 is 11.4 Å². The van der Waals surface area contributed by atoms with E-state index in [2.05, 4.69) is 32.5 Å². The molecule has 0 saturated heterocycles. The number of ether oxygens (including phenoxy) is 4. The van der Waals surface area contributed by atoms with Crippen molar-refractivity contribution in [3.63, 3.8) is 0 Å². The van der Waals surface area contributed by atoms with Crippen LogP contribution < -0.4 is 14.2 Å². The molecule has 2 aliphatic rings. The van der Waals surface area contributed by atoms with Gasteiger partial charge in [0, 0.05) is 22.3 Å². The van der Waals surface area contributed by atoms with Crippen LogP contribution in [-0.4, -0.2) is 67.4 Å². The summed E-state index contributed by atoms with van der Waals surface area (Å²) in [6, 6.07) is 39.8. The Labute approximate surface area is 329 Å². The van der Waals surface area contributed by atoms with Crippen molar-refractivity contribution < 1.29 is 24.1 Å². The number of benzene rings is 5. The molecular weight excluding hydrogens is 721 g/mol. The lowest BCUT2D eigenvalue weighted by molar-refractivity contribution is 0.100. The van der Waals surface area contributed by atoms with Gasteiger partial charge in [-0.05, 0) is 54.1 Å². The van der Waals surface area contributed by atoms with Crippen LogP contribution in [0.2, 0.25) is 0 Å². The van der Waals surface area contributed by atoms with Crippen LogP contribution in [0.25, 0.3) is 11.4 Å². The van der Waals surface area contributed by atoms with Gasteiger partial charge in [-0.25, -0.2) is 0 Å². The average molecular weight is 761 g/mol. The molecule has 5 aromatic carbocycles. The quantitative estimate of drug-likeness (QED) is 0.166. The zero-order valence-corrected chi connectivity index (χ0v) is 31.7. The maximum Gasteiger partial charge on any atom is 0.163 e. The molecule has 0 radical (unpaired) electrons. The molecule has 1 N–H and O–H groups in total. The van der Waals surface area contributed by atoms with Crippen molar-refractivity contribution in [3.8, 4) is 28.6 Å². The largest absolute Gasteiger partial charge is 0.497 e. The number of methoxy groups -OCH3 is 3. The number of nitrogens with zero attached hydrogens (tertiary/aromatic N) is 8. The second-order valence-corrected chi connectivity index (χ2v) is 13.1. The lowest BCUT2D eigenvalue weighted by Crippen LogP contribution is -2.10. The second kappa shape index (κ2) is 16.8. The van der Waals surface area contributed by atoms with Crippen LogP contribution in [0.4, 0.5) is 0 Å². The summed E-state index contributed by atoms with van der Waals surface area (Å²) in [4.78, 5) is 9.65. The number of aliphatic imine (C=N–C) groups is 2. The smallest absolute Gasteiger partial charge is 0.163 e. The fourth-order valence-corrected chi connectivity index (χ4v) is 6.86. The van der Waals surface area contributed by atoms with Gasteiger partial charge in [0.15, 0.2) is 23.3 Å². The lowest BCUT2D eigenvalue weighted by Gasteiger charge is -2.15. The van der Waals surface area contributed by atoms with E-state index in [1.54, 1.807) is 21.3 Å². The zero-order chi connectivity index (χ0) is 39.1. The number of hydrogen-bond acceptors (Lipinski definition) is 11. The van der Waals surface area contributed by atoms with Gasteiger partial charge in [0.1, 0.15) is 43.6 Å². The highest BCUT2D eigenvalue weighted by atomic mass is 16.5. The summed E-state index contributed by atoms with van der Waals surface area (Å²) in [5, 5.41) is 26.6. The minimum Gasteiger partial charge on any atom is -0.497 e. The Morgan fingerprint density at radius 3 is 1.49 bits per heavy atom. The van der Waals surface area contributed by atoms with Crippen LogP contribution in [0, 0.1) is 0 Å². The molecule has 0 aliphatic carbocycles. The maximum atomic E-state index is 9.60. The van der Waals surface area contributed by atoms with Gasteiger partial charge in [0.05, 0.1) is 50.7 Å². The molecule has 0 bridgehead atoms. The van der Waals surface area contributed by atoms with Crippen molar-refractivity contribution in [2.75, 3.05) is 21.3 Å². The maximum absolute atomic E-state index is 9.60. The van der Waals surface area contributed by atoms with Crippen LogP contribution in [0.3, 0.4) is 0 Å². The van der Waals surface area contributed by atoms with Crippen molar-refractivity contribution in [1.29, 1.82) is 0 Å². The van der Waals surface area contributed by atoms with Crippen LogP contribution in [0.15, 0.2) is 131 Å². The topological polar surface area (TPSA) is 143 Å². The van der Waals surface area contributed by atoms with Gasteiger partial charge in [-0.2, -0.15) is 0 Å². The molecular formula is C44H40N8O5. The first kappa shape index (κ1) is 37.0. The van der Waals surface area contributed by atoms with Gasteiger partial charge in [0.25, 0.3) is 0 Å². The summed E-state index contributed by atoms with van der Waals surface area (Å²) in [5.41, 5.74) is 8.65. The highest BCUT2D eigenvalue weighted by Crippen LogP contribution is 2.31. The van der Waals surface area contributed by atoms with Gasteiger partial charge in [0.2, 0.25) is 0 Å². The predicted molar refractivity (Wildman–Crippen MR) is 215 cm³/mol. The molecule has 0 spiro atoms. The monoisotopic (exact) mass is 760 g/mol. The van der Waals surface area contributed by atoms with Gasteiger partial charge >= 0.3 is 0 Å². The molecule has 2 aliphatic heterocycles. The molecule has 7 aromatic rings. The summed E-state index contributed by atoms with van der Waals surface area (Å²) in [7, 11) is 4.96. The summed E-state index contributed by atoms with van der Waals surface area (Å²) in [5.74, 6) is 5.05. The lowest BCUT2D eigenvalue weighted by atomic mass is 10.00. The van der Waals surface area contributed by atoms with Crippen LogP contribution in [0.5, 0.6) is 17.2 Å². The first-order chi connectivity index (χ1) is 28.1. The van der Waals surface area contributed by atoms with Gasteiger partial charge in [-0.15, -0.1) is 20.4 Å². The molecule has 13 heteroatoms. The number of aromatic nitrogens is 6. The average Bonchev–Trinajstić information content (AvgIpc) is 3.78. The van der Waals surface area contributed by atoms with E-state index in [0.717, 1.165) is 79.5 Å². The summed E-state index contributed by atoms with van der Waals surface area (Å²) >= 11 is 0. The van der Waals surface area contributed by atoms with Crippen molar-refractivity contribution in [1.82, 2.24) is 29.5 Å². The summed E-state index contributed by atoms with van der Waals surface area (Å²) < 4.78 is 26.0. The highest BCUT2D eigenvalue weighted by molar-refractivity contribution is 6.16. The molecule has 4 heterocycles. The number of aliphatic hydroxyl groups is 1. The van der Waals surface area contributed by atoms with Gasteiger partial charge < -0.3 is 24.1 Å². The number of hydrogen-bond donors (Lipinski definition) is 1. The molecule has 0 unspecified atom stereocenters. The first-order valence-corrected chi connectivity index (χ1v) is 18.3. The van der Waals surface area contributed by atoms with Crippen LogP contribution in [-0.2, 0) is 37.6 Å². The Hall–Kier alpha value is -6.96. The van der Waals surface area contributed by atoms with E-state index >= 15 is 0 Å². The Morgan fingerprint density at radius 2 is 1.00 bits per heavy atom. The van der Waals surface area contributed by atoms with E-state index in [4.69, 9.17) is 28.9 Å². The molecule has 286 valence electrons. The van der Waals surface area contributed by atoms with Gasteiger partial charge in [-0.1, -0.05) is 72.8 Å².